The highest BCUT2D eigenvalue weighted by atomic mass is 19.1. The molecule has 0 aromatic heterocycles. The number of nitrogens with one attached hydrogen (secondary N) is 1. The summed E-state index contributed by atoms with van der Waals surface area (Å²) in [6.45, 7) is 1.15. The molecule has 0 aliphatic heterocycles. The van der Waals surface area contributed by atoms with Crippen molar-refractivity contribution in [3.63, 3.8) is 0 Å². The van der Waals surface area contributed by atoms with Crippen LogP contribution in [0.4, 0.5) is 9.18 Å². The van der Waals surface area contributed by atoms with Crippen molar-refractivity contribution in [2.75, 3.05) is 13.2 Å². The molecule has 20 heavy (non-hydrogen) atoms. The Labute approximate surface area is 113 Å². The van der Waals surface area contributed by atoms with Crippen LogP contribution in [0.15, 0.2) is 18.2 Å². The summed E-state index contributed by atoms with van der Waals surface area (Å²) in [5, 5.41) is 10.5. The summed E-state index contributed by atoms with van der Waals surface area (Å²) in [4.78, 5) is 32.7. The number of hydrogen-bond acceptors (Lipinski definition) is 5. The van der Waals surface area contributed by atoms with Crippen LogP contribution >= 0.6 is 0 Å². The van der Waals surface area contributed by atoms with Crippen LogP contribution in [-0.2, 0) is 9.53 Å². The lowest BCUT2D eigenvalue weighted by molar-refractivity contribution is -0.122. The van der Waals surface area contributed by atoms with E-state index in [0.29, 0.717) is 0 Å². The SMILES string of the molecule is CCOC(=O)NC(=O)COc1ccc(C(=O)O)c(F)c1. The summed E-state index contributed by atoms with van der Waals surface area (Å²) in [5.41, 5.74) is -0.506. The molecule has 1 aromatic carbocycles. The second-order valence-electron chi connectivity index (χ2n) is 3.50. The molecule has 1 rings (SSSR count). The van der Waals surface area contributed by atoms with Crippen LogP contribution in [0.1, 0.15) is 17.3 Å². The summed E-state index contributed by atoms with van der Waals surface area (Å²) >= 11 is 0. The van der Waals surface area contributed by atoms with Gasteiger partial charge in [0.2, 0.25) is 0 Å². The Balaban J connectivity index is 2.54. The Hall–Kier alpha value is -2.64. The van der Waals surface area contributed by atoms with Crippen LogP contribution in [-0.4, -0.2) is 36.3 Å². The van der Waals surface area contributed by atoms with Crippen molar-refractivity contribution in [3.05, 3.63) is 29.6 Å². The predicted molar refractivity (Wildman–Crippen MR) is 64.0 cm³/mol. The van der Waals surface area contributed by atoms with E-state index in [9.17, 15) is 18.8 Å². The zero-order valence-electron chi connectivity index (χ0n) is 10.5. The molecule has 0 radical (unpaired) electrons. The van der Waals surface area contributed by atoms with E-state index in [0.717, 1.165) is 12.1 Å². The van der Waals surface area contributed by atoms with Gasteiger partial charge in [-0.05, 0) is 19.1 Å². The summed E-state index contributed by atoms with van der Waals surface area (Å²) < 4.78 is 22.7. The number of imide groups is 1. The number of alkyl carbamates (subject to hydrolysis) is 1. The van der Waals surface area contributed by atoms with E-state index >= 15 is 0 Å². The predicted octanol–water partition coefficient (Wildman–Crippen LogP) is 1.18. The van der Waals surface area contributed by atoms with Crippen LogP contribution in [0.2, 0.25) is 0 Å². The topological polar surface area (TPSA) is 102 Å². The number of ether oxygens (including phenoxy) is 2. The minimum Gasteiger partial charge on any atom is -0.484 e. The maximum atomic E-state index is 13.3. The lowest BCUT2D eigenvalue weighted by atomic mass is 10.2. The Morgan fingerprint density at radius 1 is 1.35 bits per heavy atom. The van der Waals surface area contributed by atoms with Gasteiger partial charge in [-0.1, -0.05) is 0 Å². The number of aromatic carboxylic acids is 1. The number of carbonyl (C=O) groups is 3. The number of rotatable bonds is 5. The van der Waals surface area contributed by atoms with Crippen LogP contribution in [0.25, 0.3) is 0 Å². The van der Waals surface area contributed by atoms with Gasteiger partial charge in [0.05, 0.1) is 12.2 Å². The summed E-state index contributed by atoms with van der Waals surface area (Å²) in [6.07, 6.45) is -0.909. The van der Waals surface area contributed by atoms with Gasteiger partial charge in [-0.2, -0.15) is 0 Å². The molecule has 0 spiro atoms. The number of benzene rings is 1. The average Bonchev–Trinajstić information content (AvgIpc) is 2.36. The number of halogens is 1. The highest BCUT2D eigenvalue weighted by Gasteiger charge is 2.12. The van der Waals surface area contributed by atoms with Gasteiger partial charge in [-0.3, -0.25) is 10.1 Å². The Bertz CT molecular complexity index is 531. The highest BCUT2D eigenvalue weighted by Crippen LogP contribution is 2.16. The van der Waals surface area contributed by atoms with Gasteiger partial charge >= 0.3 is 12.1 Å². The van der Waals surface area contributed by atoms with Crippen LogP contribution in [0.3, 0.4) is 0 Å². The van der Waals surface area contributed by atoms with Crippen molar-refractivity contribution in [1.82, 2.24) is 5.32 Å². The smallest absolute Gasteiger partial charge is 0.413 e. The highest BCUT2D eigenvalue weighted by molar-refractivity contribution is 5.92. The van der Waals surface area contributed by atoms with Crippen molar-refractivity contribution < 1.29 is 33.4 Å². The molecule has 0 saturated heterocycles. The molecular weight excluding hydrogens is 273 g/mol. The third-order valence-electron chi connectivity index (χ3n) is 2.06. The Kier molecular flexibility index (Phi) is 5.45. The summed E-state index contributed by atoms with van der Waals surface area (Å²) in [5.74, 6) is -3.20. The Morgan fingerprint density at radius 3 is 2.60 bits per heavy atom. The molecule has 2 N–H and O–H groups in total. The fraction of sp³-hybridized carbons (Fsp3) is 0.250. The van der Waals surface area contributed by atoms with Crippen molar-refractivity contribution in [2.45, 2.75) is 6.92 Å². The standard InChI is InChI=1S/C12H12FNO6/c1-2-19-12(18)14-10(15)6-20-7-3-4-8(11(16)17)9(13)5-7/h3-5H,2,6H2,1H3,(H,16,17)(H,14,15,18). The first-order chi connectivity index (χ1) is 9.43. The molecule has 0 saturated carbocycles. The number of carboxylic acids is 1. The first-order valence-electron chi connectivity index (χ1n) is 5.56. The van der Waals surface area contributed by atoms with E-state index in [1.807, 2.05) is 5.32 Å². The molecule has 0 unspecified atom stereocenters. The largest absolute Gasteiger partial charge is 0.484 e. The molecule has 0 heterocycles. The average molecular weight is 285 g/mol. The third-order valence-corrected chi connectivity index (χ3v) is 2.06. The van der Waals surface area contributed by atoms with Crippen molar-refractivity contribution in [1.29, 1.82) is 0 Å². The molecule has 0 bridgehead atoms. The van der Waals surface area contributed by atoms with E-state index in [4.69, 9.17) is 9.84 Å². The minimum absolute atomic E-state index is 0.0356. The van der Waals surface area contributed by atoms with E-state index in [1.165, 1.54) is 6.07 Å². The van der Waals surface area contributed by atoms with E-state index < -0.39 is 36.0 Å². The van der Waals surface area contributed by atoms with Crippen molar-refractivity contribution >= 4 is 18.0 Å². The fourth-order valence-electron chi connectivity index (χ4n) is 1.23. The first kappa shape index (κ1) is 15.4. The summed E-state index contributed by atoms with van der Waals surface area (Å²) in [6, 6.07) is 3.04. The monoisotopic (exact) mass is 285 g/mol. The van der Waals surface area contributed by atoms with Crippen LogP contribution < -0.4 is 10.1 Å². The Morgan fingerprint density at radius 2 is 2.05 bits per heavy atom. The molecule has 2 amide bonds. The van der Waals surface area contributed by atoms with Gasteiger partial charge in [0, 0.05) is 6.07 Å². The van der Waals surface area contributed by atoms with Gasteiger partial charge in [-0.25, -0.2) is 14.0 Å². The molecule has 0 aliphatic carbocycles. The third kappa shape index (κ3) is 4.56. The molecule has 108 valence electrons. The maximum absolute atomic E-state index is 13.3. The van der Waals surface area contributed by atoms with Gasteiger partial charge in [0.1, 0.15) is 11.6 Å². The molecule has 1 aromatic rings. The molecule has 8 heteroatoms. The second kappa shape index (κ2) is 7.07. The quantitative estimate of drug-likeness (QED) is 0.842. The zero-order valence-corrected chi connectivity index (χ0v) is 10.5. The van der Waals surface area contributed by atoms with Crippen molar-refractivity contribution in [3.8, 4) is 5.75 Å². The minimum atomic E-state index is -1.41. The number of carbonyl (C=O) groups excluding carboxylic acids is 2. The van der Waals surface area contributed by atoms with Crippen molar-refractivity contribution in [2.24, 2.45) is 0 Å². The van der Waals surface area contributed by atoms with Crippen LogP contribution in [0.5, 0.6) is 5.75 Å². The van der Waals surface area contributed by atoms with E-state index in [-0.39, 0.29) is 12.4 Å². The van der Waals surface area contributed by atoms with Crippen LogP contribution in [0, 0.1) is 5.82 Å². The molecule has 0 fully saturated rings. The molecule has 7 nitrogen and oxygen atoms in total. The lowest BCUT2D eigenvalue weighted by Gasteiger charge is -2.07. The second-order valence-corrected chi connectivity index (χ2v) is 3.50. The molecule has 0 aliphatic rings. The number of amides is 2. The lowest BCUT2D eigenvalue weighted by Crippen LogP contribution is -2.34. The van der Waals surface area contributed by atoms with E-state index in [2.05, 4.69) is 4.74 Å². The molecule has 0 atom stereocenters. The van der Waals surface area contributed by atoms with Gasteiger partial charge in [0.15, 0.2) is 6.61 Å². The number of carboxylic acid groups (broad SMARTS) is 1. The summed E-state index contributed by atoms with van der Waals surface area (Å²) in [7, 11) is 0. The maximum Gasteiger partial charge on any atom is 0.413 e. The fourth-order valence-corrected chi connectivity index (χ4v) is 1.23. The van der Waals surface area contributed by atoms with Gasteiger partial charge in [0.25, 0.3) is 5.91 Å². The van der Waals surface area contributed by atoms with E-state index in [1.54, 1.807) is 6.92 Å². The van der Waals surface area contributed by atoms with Gasteiger partial charge in [-0.15, -0.1) is 0 Å². The number of hydrogen-bond donors (Lipinski definition) is 2. The van der Waals surface area contributed by atoms with Gasteiger partial charge < -0.3 is 14.6 Å². The zero-order chi connectivity index (χ0) is 15.1. The normalized spacial score (nSPS) is 9.70. The first-order valence-corrected chi connectivity index (χ1v) is 5.56. The molecular formula is C12H12FNO6.